The highest BCUT2D eigenvalue weighted by molar-refractivity contribution is 5.97. The van der Waals surface area contributed by atoms with E-state index >= 15 is 0 Å². The zero-order valence-corrected chi connectivity index (χ0v) is 7.10. The number of amidine groups is 1. The zero-order chi connectivity index (χ0) is 10.0. The molecule has 8 nitrogen and oxygen atoms in total. The number of rotatable bonds is 2. The van der Waals surface area contributed by atoms with E-state index in [1.54, 1.807) is 0 Å². The van der Waals surface area contributed by atoms with Gasteiger partial charge in [-0.25, -0.2) is 0 Å². The molecular formula is C6H7N7O. The number of tetrazole rings is 1. The monoisotopic (exact) mass is 193 g/mol. The average Bonchev–Trinajstić information content (AvgIpc) is 2.87. The van der Waals surface area contributed by atoms with Crippen LogP contribution in [0.15, 0.2) is 4.99 Å². The fourth-order valence-corrected chi connectivity index (χ4v) is 1.10. The van der Waals surface area contributed by atoms with Crippen LogP contribution in [0, 0.1) is 11.3 Å². The molecule has 2 heterocycles. The van der Waals surface area contributed by atoms with E-state index in [2.05, 4.69) is 30.9 Å². The Kier molecular flexibility index (Phi) is 1.86. The summed E-state index contributed by atoms with van der Waals surface area (Å²) < 4.78 is 0. The molecule has 0 saturated carbocycles. The Hall–Kier alpha value is -2.01. The highest BCUT2D eigenvalue weighted by Crippen LogP contribution is 2.11. The van der Waals surface area contributed by atoms with Crippen LogP contribution >= 0.6 is 0 Å². The summed E-state index contributed by atoms with van der Waals surface area (Å²) in [7, 11) is 0. The smallest absolute Gasteiger partial charge is 0.239 e. The molecule has 2 rings (SSSR count). The second-order valence-electron chi connectivity index (χ2n) is 2.88. The molecule has 1 aromatic heterocycles. The summed E-state index contributed by atoms with van der Waals surface area (Å²) in [6.45, 7) is -0.127. The van der Waals surface area contributed by atoms with Crippen molar-refractivity contribution in [3.8, 4) is 6.07 Å². The maximum atomic E-state index is 9.01. The number of aliphatic hydroxyl groups excluding tert-OH is 1. The van der Waals surface area contributed by atoms with Crippen molar-refractivity contribution in [1.82, 2.24) is 25.9 Å². The SMILES string of the molecule is N#CC1(CO)CN=C(c2nn[nH]n2)N1. The highest BCUT2D eigenvalue weighted by Gasteiger charge is 2.36. The lowest BCUT2D eigenvalue weighted by atomic mass is 10.1. The van der Waals surface area contributed by atoms with E-state index in [1.807, 2.05) is 6.07 Å². The van der Waals surface area contributed by atoms with Gasteiger partial charge in [0.2, 0.25) is 5.82 Å². The summed E-state index contributed by atoms with van der Waals surface area (Å²) in [5.74, 6) is 0.657. The van der Waals surface area contributed by atoms with E-state index in [0.717, 1.165) is 0 Å². The maximum absolute atomic E-state index is 9.01. The lowest BCUT2D eigenvalue weighted by Gasteiger charge is -2.16. The number of H-pyrrole nitrogens is 1. The van der Waals surface area contributed by atoms with Gasteiger partial charge < -0.3 is 10.4 Å². The van der Waals surface area contributed by atoms with Crippen molar-refractivity contribution >= 4 is 5.84 Å². The molecule has 0 saturated heterocycles. The summed E-state index contributed by atoms with van der Waals surface area (Å²) in [6.07, 6.45) is 0. The number of hydrogen-bond acceptors (Lipinski definition) is 7. The van der Waals surface area contributed by atoms with Crippen molar-refractivity contribution in [1.29, 1.82) is 5.26 Å². The largest absolute Gasteiger partial charge is 0.393 e. The fourth-order valence-electron chi connectivity index (χ4n) is 1.10. The van der Waals surface area contributed by atoms with Crippen molar-refractivity contribution < 1.29 is 5.11 Å². The third-order valence-electron chi connectivity index (χ3n) is 1.91. The number of hydrogen-bond donors (Lipinski definition) is 3. The molecular weight excluding hydrogens is 186 g/mol. The van der Waals surface area contributed by atoms with Gasteiger partial charge in [-0.3, -0.25) is 4.99 Å². The van der Waals surface area contributed by atoms with Crippen LogP contribution in [0.2, 0.25) is 0 Å². The van der Waals surface area contributed by atoms with E-state index in [1.165, 1.54) is 0 Å². The normalized spacial score (nSPS) is 25.3. The van der Waals surface area contributed by atoms with E-state index in [-0.39, 0.29) is 19.0 Å². The number of nitriles is 1. The second kappa shape index (κ2) is 3.04. The van der Waals surface area contributed by atoms with E-state index in [4.69, 9.17) is 10.4 Å². The predicted molar refractivity (Wildman–Crippen MR) is 44.1 cm³/mol. The molecule has 8 heteroatoms. The van der Waals surface area contributed by atoms with Crippen LogP contribution in [0.1, 0.15) is 5.82 Å². The van der Waals surface area contributed by atoms with Crippen LogP contribution in [-0.4, -0.2) is 50.3 Å². The summed E-state index contributed by atoms with van der Waals surface area (Å²) in [5, 5.41) is 33.6. The highest BCUT2D eigenvalue weighted by atomic mass is 16.3. The molecule has 3 N–H and O–H groups in total. The van der Waals surface area contributed by atoms with Crippen LogP contribution in [0.5, 0.6) is 0 Å². The van der Waals surface area contributed by atoms with E-state index in [9.17, 15) is 0 Å². The number of aliphatic hydroxyl groups is 1. The van der Waals surface area contributed by atoms with Crippen molar-refractivity contribution in [2.75, 3.05) is 13.2 Å². The Bertz CT molecular complexity index is 391. The molecule has 1 aliphatic heterocycles. The van der Waals surface area contributed by atoms with Gasteiger partial charge >= 0.3 is 0 Å². The Morgan fingerprint density at radius 3 is 3.00 bits per heavy atom. The first kappa shape index (κ1) is 8.58. The quantitative estimate of drug-likeness (QED) is 0.490. The number of nitrogens with one attached hydrogen (secondary N) is 2. The van der Waals surface area contributed by atoms with Gasteiger partial charge in [-0.2, -0.15) is 10.5 Å². The van der Waals surface area contributed by atoms with E-state index in [0.29, 0.717) is 5.84 Å². The van der Waals surface area contributed by atoms with Gasteiger partial charge in [0.05, 0.1) is 19.2 Å². The first-order valence-corrected chi connectivity index (χ1v) is 3.88. The van der Waals surface area contributed by atoms with Crippen LogP contribution in [0.25, 0.3) is 0 Å². The minimum absolute atomic E-state index is 0.184. The molecule has 0 fully saturated rings. The molecule has 1 unspecified atom stereocenters. The van der Waals surface area contributed by atoms with Crippen LogP contribution in [0.4, 0.5) is 0 Å². The minimum Gasteiger partial charge on any atom is -0.393 e. The molecule has 72 valence electrons. The first-order chi connectivity index (χ1) is 6.79. The Morgan fingerprint density at radius 2 is 2.50 bits per heavy atom. The van der Waals surface area contributed by atoms with E-state index < -0.39 is 5.54 Å². The topological polar surface area (TPSA) is 123 Å². The molecule has 0 amide bonds. The molecule has 0 aliphatic carbocycles. The van der Waals surface area contributed by atoms with Crippen LogP contribution in [-0.2, 0) is 0 Å². The lowest BCUT2D eigenvalue weighted by Crippen LogP contribution is -2.48. The van der Waals surface area contributed by atoms with Crippen LogP contribution in [0.3, 0.4) is 0 Å². The van der Waals surface area contributed by atoms with Gasteiger partial charge in [-0.15, -0.1) is 10.2 Å². The summed E-state index contributed by atoms with van der Waals surface area (Å²) >= 11 is 0. The standard InChI is InChI=1S/C6H7N7O/c7-1-6(3-14)2-8-4(9-6)5-10-12-13-11-5/h14H,2-3H2,(H,8,9)(H,10,11,12,13). The lowest BCUT2D eigenvalue weighted by molar-refractivity contribution is 0.228. The van der Waals surface area contributed by atoms with Gasteiger partial charge in [0, 0.05) is 0 Å². The molecule has 0 bridgehead atoms. The van der Waals surface area contributed by atoms with Gasteiger partial charge in [0.15, 0.2) is 11.4 Å². The maximum Gasteiger partial charge on any atom is 0.239 e. The van der Waals surface area contributed by atoms with Gasteiger partial charge in [-0.05, 0) is 5.21 Å². The third kappa shape index (κ3) is 1.20. The predicted octanol–water partition coefficient (Wildman–Crippen LogP) is -2.20. The first-order valence-electron chi connectivity index (χ1n) is 3.88. The zero-order valence-electron chi connectivity index (χ0n) is 7.10. The molecule has 0 spiro atoms. The molecule has 1 atom stereocenters. The van der Waals surface area contributed by atoms with Crippen molar-refractivity contribution in [3.63, 3.8) is 0 Å². The number of aliphatic imine (C=N–C) groups is 1. The number of aromatic nitrogens is 4. The van der Waals surface area contributed by atoms with Gasteiger partial charge in [0.1, 0.15) is 0 Å². The second-order valence-corrected chi connectivity index (χ2v) is 2.88. The third-order valence-corrected chi connectivity index (χ3v) is 1.91. The Balaban J connectivity index is 2.19. The Labute approximate surface area is 78.7 Å². The number of nitrogens with zero attached hydrogens (tertiary/aromatic N) is 5. The van der Waals surface area contributed by atoms with Gasteiger partial charge in [-0.1, -0.05) is 0 Å². The molecule has 14 heavy (non-hydrogen) atoms. The average molecular weight is 193 g/mol. The van der Waals surface area contributed by atoms with Crippen molar-refractivity contribution in [3.05, 3.63) is 5.82 Å². The molecule has 0 radical (unpaired) electrons. The van der Waals surface area contributed by atoms with Gasteiger partial charge in [0.25, 0.3) is 0 Å². The van der Waals surface area contributed by atoms with Crippen LogP contribution < -0.4 is 5.32 Å². The minimum atomic E-state index is -1.05. The van der Waals surface area contributed by atoms with Crippen molar-refractivity contribution in [2.24, 2.45) is 4.99 Å². The summed E-state index contributed by atoms with van der Waals surface area (Å²) in [5.41, 5.74) is -1.05. The molecule has 1 aromatic rings. The fraction of sp³-hybridized carbons (Fsp3) is 0.500. The molecule has 0 aromatic carbocycles. The number of aromatic amines is 1. The summed E-state index contributed by atoms with van der Waals surface area (Å²) in [6, 6.07) is 1.96. The summed E-state index contributed by atoms with van der Waals surface area (Å²) in [4.78, 5) is 4.01. The Morgan fingerprint density at radius 1 is 1.64 bits per heavy atom. The van der Waals surface area contributed by atoms with Crippen molar-refractivity contribution in [2.45, 2.75) is 5.54 Å². The molecule has 1 aliphatic rings.